The maximum absolute atomic E-state index is 12.7. The van der Waals surface area contributed by atoms with Crippen LogP contribution in [0.4, 0.5) is 0 Å². The van der Waals surface area contributed by atoms with Gasteiger partial charge in [0.15, 0.2) is 5.82 Å². The van der Waals surface area contributed by atoms with Crippen LogP contribution >= 0.6 is 0 Å². The minimum atomic E-state index is -0.275. The highest BCUT2D eigenvalue weighted by atomic mass is 16.1. The first kappa shape index (κ1) is 18.5. The molecule has 1 atom stereocenters. The van der Waals surface area contributed by atoms with Crippen molar-refractivity contribution < 1.29 is 4.79 Å². The van der Waals surface area contributed by atoms with Gasteiger partial charge in [0.2, 0.25) is 5.91 Å². The van der Waals surface area contributed by atoms with Crippen LogP contribution in [0.2, 0.25) is 0 Å². The topological polar surface area (TPSA) is 119 Å². The number of hydrogen-bond donors (Lipinski definition) is 3. The number of aromatic amines is 1. The Kier molecular flexibility index (Phi) is 4.55. The fourth-order valence-corrected chi connectivity index (χ4v) is 4.03. The normalized spacial score (nSPS) is 14.9. The van der Waals surface area contributed by atoms with E-state index in [2.05, 4.69) is 26.3 Å². The Morgan fingerprint density at radius 1 is 1.23 bits per heavy atom. The number of carbonyl (C=O) groups is 1. The summed E-state index contributed by atoms with van der Waals surface area (Å²) in [5, 5.41) is 5.21. The second kappa shape index (κ2) is 7.38. The van der Waals surface area contributed by atoms with Crippen molar-refractivity contribution in [1.82, 2.24) is 24.8 Å². The molecular formula is C22H22N6O2. The van der Waals surface area contributed by atoms with Crippen LogP contribution < -0.4 is 16.6 Å². The summed E-state index contributed by atoms with van der Waals surface area (Å²) >= 11 is 0. The molecule has 8 nitrogen and oxygen atoms in total. The monoisotopic (exact) mass is 402 g/mol. The first-order chi connectivity index (χ1) is 14.6. The number of fused-ring (bicyclic) bond motifs is 2. The predicted octanol–water partition coefficient (Wildman–Crippen LogP) is 2.01. The number of pyridine rings is 1. The molecule has 1 aliphatic carbocycles. The molecule has 1 fully saturated rings. The van der Waals surface area contributed by atoms with Gasteiger partial charge in [0.25, 0.3) is 5.56 Å². The summed E-state index contributed by atoms with van der Waals surface area (Å²) in [6, 6.07) is 11.4. The number of carbonyl (C=O) groups excluding carboxylic acids is 1. The highest BCUT2D eigenvalue weighted by molar-refractivity contribution is 5.87. The van der Waals surface area contributed by atoms with Gasteiger partial charge in [0, 0.05) is 31.3 Å². The molecule has 3 heterocycles. The smallest absolute Gasteiger partial charge is 0.256 e. The van der Waals surface area contributed by atoms with E-state index in [0.29, 0.717) is 30.3 Å². The molecule has 1 aromatic carbocycles. The molecule has 0 bridgehead atoms. The molecule has 8 heteroatoms. The fraction of sp³-hybridized carbons (Fsp3) is 0.273. The minimum Gasteiger partial charge on any atom is -0.370 e. The number of rotatable bonds is 7. The van der Waals surface area contributed by atoms with Crippen LogP contribution in [0, 0.1) is 5.92 Å². The van der Waals surface area contributed by atoms with E-state index in [1.165, 1.54) is 6.33 Å². The number of amides is 1. The fourth-order valence-electron chi connectivity index (χ4n) is 4.03. The van der Waals surface area contributed by atoms with Crippen LogP contribution in [-0.2, 0) is 11.3 Å². The number of primary amides is 1. The molecule has 1 aliphatic rings. The molecule has 1 amide bonds. The van der Waals surface area contributed by atoms with Gasteiger partial charge < -0.3 is 16.0 Å². The molecule has 4 aromatic rings. The lowest BCUT2D eigenvalue weighted by molar-refractivity contribution is -0.118. The van der Waals surface area contributed by atoms with E-state index in [9.17, 15) is 9.59 Å². The Hall–Kier alpha value is -3.52. The molecule has 5 rings (SSSR count). The van der Waals surface area contributed by atoms with Gasteiger partial charge in [-0.25, -0.2) is 9.97 Å². The van der Waals surface area contributed by atoms with E-state index < -0.39 is 0 Å². The molecule has 0 aliphatic heterocycles. The zero-order valence-electron chi connectivity index (χ0n) is 16.3. The molecule has 4 N–H and O–H groups in total. The van der Waals surface area contributed by atoms with Crippen molar-refractivity contribution in [2.75, 3.05) is 0 Å². The Morgan fingerprint density at radius 2 is 2.10 bits per heavy atom. The number of nitrogens with zero attached hydrogens (tertiary/aromatic N) is 3. The third-order valence-electron chi connectivity index (χ3n) is 5.68. The quantitative estimate of drug-likeness (QED) is 0.437. The molecule has 152 valence electrons. The van der Waals surface area contributed by atoms with Gasteiger partial charge in [0.1, 0.15) is 12.0 Å². The Morgan fingerprint density at radius 3 is 2.90 bits per heavy atom. The number of benzene rings is 1. The average molecular weight is 402 g/mol. The van der Waals surface area contributed by atoms with E-state index >= 15 is 0 Å². The predicted molar refractivity (Wildman–Crippen MR) is 114 cm³/mol. The average Bonchev–Trinajstić information content (AvgIpc) is 3.47. The SMILES string of the molecule is NC(=O)CC(NCc1ccc2c(ccc(=O)n2-c2ncnc3[nH]ccc23)c1)C1CC1. The van der Waals surface area contributed by atoms with Crippen LogP contribution in [-0.4, -0.2) is 31.5 Å². The number of nitrogens with one attached hydrogen (secondary N) is 2. The first-order valence-electron chi connectivity index (χ1n) is 10.0. The largest absolute Gasteiger partial charge is 0.370 e. The van der Waals surface area contributed by atoms with Crippen LogP contribution in [0.5, 0.6) is 0 Å². The van der Waals surface area contributed by atoms with Gasteiger partial charge in [-0.05, 0) is 54.0 Å². The van der Waals surface area contributed by atoms with Crippen LogP contribution in [0.15, 0.2) is 53.7 Å². The standard InChI is InChI=1S/C22H22N6O2/c23-19(29)10-17(14-2-3-14)25-11-13-1-5-18-15(9-13)4-6-20(30)28(18)22-16-7-8-24-21(16)26-12-27-22/h1,4-9,12,14,17,25H,2-3,10-11H2,(H2,23,29)(H,24,26,27). The lowest BCUT2D eigenvalue weighted by Crippen LogP contribution is -2.34. The Bertz CT molecular complexity index is 1300. The molecule has 0 saturated heterocycles. The van der Waals surface area contributed by atoms with E-state index in [1.807, 2.05) is 24.3 Å². The summed E-state index contributed by atoms with van der Waals surface area (Å²) in [7, 11) is 0. The minimum absolute atomic E-state index is 0.120. The molecule has 0 radical (unpaired) electrons. The summed E-state index contributed by atoms with van der Waals surface area (Å²) in [5.74, 6) is 0.811. The van der Waals surface area contributed by atoms with Gasteiger partial charge in [-0.2, -0.15) is 0 Å². The molecule has 1 unspecified atom stereocenters. The summed E-state index contributed by atoms with van der Waals surface area (Å²) in [6.07, 6.45) is 5.88. The van der Waals surface area contributed by atoms with Crippen molar-refractivity contribution in [3.05, 3.63) is 64.8 Å². The van der Waals surface area contributed by atoms with E-state index in [-0.39, 0.29) is 17.5 Å². The zero-order valence-corrected chi connectivity index (χ0v) is 16.3. The molecule has 3 aromatic heterocycles. The van der Waals surface area contributed by atoms with Crippen LogP contribution in [0.1, 0.15) is 24.8 Å². The first-order valence-corrected chi connectivity index (χ1v) is 10.0. The van der Waals surface area contributed by atoms with Crippen molar-refractivity contribution in [2.45, 2.75) is 31.8 Å². The van der Waals surface area contributed by atoms with Crippen molar-refractivity contribution in [2.24, 2.45) is 11.7 Å². The zero-order chi connectivity index (χ0) is 20.7. The maximum atomic E-state index is 12.7. The van der Waals surface area contributed by atoms with Crippen molar-refractivity contribution >= 4 is 27.8 Å². The Labute approximate surface area is 172 Å². The maximum Gasteiger partial charge on any atom is 0.256 e. The van der Waals surface area contributed by atoms with Gasteiger partial charge in [-0.1, -0.05) is 6.07 Å². The molecular weight excluding hydrogens is 380 g/mol. The number of nitrogens with two attached hydrogens (primary N) is 1. The van der Waals surface area contributed by atoms with Gasteiger partial charge in [-0.15, -0.1) is 0 Å². The summed E-state index contributed by atoms with van der Waals surface area (Å²) in [5.41, 5.74) is 7.79. The number of aromatic nitrogens is 4. The summed E-state index contributed by atoms with van der Waals surface area (Å²) < 4.78 is 1.62. The lowest BCUT2D eigenvalue weighted by Gasteiger charge is -2.17. The van der Waals surface area contributed by atoms with E-state index in [0.717, 1.165) is 34.7 Å². The second-order valence-electron chi connectivity index (χ2n) is 7.83. The van der Waals surface area contributed by atoms with Gasteiger partial charge in [0.05, 0.1) is 10.9 Å². The highest BCUT2D eigenvalue weighted by Gasteiger charge is 2.31. The van der Waals surface area contributed by atoms with Gasteiger partial charge in [-0.3, -0.25) is 14.2 Å². The van der Waals surface area contributed by atoms with Gasteiger partial charge >= 0.3 is 0 Å². The number of H-pyrrole nitrogens is 1. The second-order valence-corrected chi connectivity index (χ2v) is 7.83. The van der Waals surface area contributed by atoms with Crippen molar-refractivity contribution in [3.8, 4) is 5.82 Å². The Balaban J connectivity index is 1.49. The van der Waals surface area contributed by atoms with E-state index in [1.54, 1.807) is 16.8 Å². The third kappa shape index (κ3) is 3.46. The summed E-state index contributed by atoms with van der Waals surface area (Å²) in [4.78, 5) is 35.7. The van der Waals surface area contributed by atoms with E-state index in [4.69, 9.17) is 5.73 Å². The summed E-state index contributed by atoms with van der Waals surface area (Å²) in [6.45, 7) is 0.638. The van der Waals surface area contributed by atoms with Crippen molar-refractivity contribution in [1.29, 1.82) is 0 Å². The van der Waals surface area contributed by atoms with Crippen molar-refractivity contribution in [3.63, 3.8) is 0 Å². The highest BCUT2D eigenvalue weighted by Crippen LogP contribution is 2.34. The molecule has 0 spiro atoms. The molecule has 30 heavy (non-hydrogen) atoms. The van der Waals surface area contributed by atoms with Crippen LogP contribution in [0.25, 0.3) is 27.8 Å². The third-order valence-corrected chi connectivity index (χ3v) is 5.68. The van der Waals surface area contributed by atoms with Crippen LogP contribution in [0.3, 0.4) is 0 Å². The lowest BCUT2D eigenvalue weighted by atomic mass is 10.1. The number of hydrogen-bond acceptors (Lipinski definition) is 5. The molecule has 1 saturated carbocycles.